The van der Waals surface area contributed by atoms with E-state index in [9.17, 15) is 13.2 Å². The van der Waals surface area contributed by atoms with Crippen molar-refractivity contribution in [3.05, 3.63) is 28.7 Å². The average Bonchev–Trinajstić information content (AvgIpc) is 2.30. The molecule has 0 bridgehead atoms. The van der Waals surface area contributed by atoms with Gasteiger partial charge in [-0.2, -0.15) is 0 Å². The highest BCUT2D eigenvalue weighted by atomic mass is 79.9. The van der Waals surface area contributed by atoms with Crippen molar-refractivity contribution in [2.24, 2.45) is 0 Å². The molecule has 0 aromatic heterocycles. The maximum atomic E-state index is 11.5. The van der Waals surface area contributed by atoms with Crippen LogP contribution in [0.4, 0.5) is 10.5 Å². The third-order valence-electron chi connectivity index (χ3n) is 2.11. The van der Waals surface area contributed by atoms with Gasteiger partial charge in [-0.15, -0.1) is 0 Å². The zero-order chi connectivity index (χ0) is 14.3. The zero-order valence-electron chi connectivity index (χ0n) is 10.4. The average molecular weight is 350 g/mol. The predicted octanol–water partition coefficient (Wildman–Crippen LogP) is 1.51. The highest BCUT2D eigenvalue weighted by Gasteiger charge is 2.02. The van der Waals surface area contributed by atoms with E-state index in [-0.39, 0.29) is 6.03 Å². The molecular weight excluding hydrogens is 334 g/mol. The summed E-state index contributed by atoms with van der Waals surface area (Å²) < 4.78 is 24.8. The van der Waals surface area contributed by atoms with E-state index in [4.69, 9.17) is 0 Å². The Bertz CT molecular complexity index is 516. The van der Waals surface area contributed by atoms with Crippen LogP contribution >= 0.6 is 15.9 Å². The smallest absolute Gasteiger partial charge is 0.319 e. The molecule has 0 radical (unpaired) electrons. The minimum atomic E-state index is -3.16. The summed E-state index contributed by atoms with van der Waals surface area (Å²) >= 11 is 3.30. The van der Waals surface area contributed by atoms with Crippen molar-refractivity contribution < 1.29 is 13.2 Å². The van der Waals surface area contributed by atoms with Crippen LogP contribution in [-0.4, -0.2) is 33.8 Å². The van der Waals surface area contributed by atoms with Crippen molar-refractivity contribution in [1.29, 1.82) is 0 Å². The summed E-state index contributed by atoms with van der Waals surface area (Å²) in [6, 6.07) is 6.88. The normalized spacial score (nSPS) is 11.1. The summed E-state index contributed by atoms with van der Waals surface area (Å²) in [7, 11) is -3.16. The van der Waals surface area contributed by atoms with Gasteiger partial charge in [0.2, 0.25) is 10.0 Å². The molecule has 1 aromatic rings. The third-order valence-corrected chi connectivity index (χ3v) is 3.36. The fraction of sp³-hybridized carbons (Fsp3) is 0.364. The lowest BCUT2D eigenvalue weighted by Gasteiger charge is -2.07. The minimum absolute atomic E-state index is 0.303. The number of sulfonamides is 1. The number of anilines is 1. The Morgan fingerprint density at radius 3 is 2.42 bits per heavy atom. The van der Waals surface area contributed by atoms with Crippen molar-refractivity contribution in [2.75, 3.05) is 24.7 Å². The highest BCUT2D eigenvalue weighted by molar-refractivity contribution is 9.10. The zero-order valence-corrected chi connectivity index (χ0v) is 12.8. The maximum absolute atomic E-state index is 11.5. The molecule has 3 N–H and O–H groups in total. The van der Waals surface area contributed by atoms with Crippen molar-refractivity contribution in [3.8, 4) is 0 Å². The highest BCUT2D eigenvalue weighted by Crippen LogP contribution is 2.13. The fourth-order valence-corrected chi connectivity index (χ4v) is 2.04. The number of nitrogens with one attached hydrogen (secondary N) is 3. The lowest BCUT2D eigenvalue weighted by Crippen LogP contribution is -2.32. The van der Waals surface area contributed by atoms with Gasteiger partial charge in [-0.1, -0.05) is 15.9 Å². The largest absolute Gasteiger partial charge is 0.338 e. The summed E-state index contributed by atoms with van der Waals surface area (Å²) in [4.78, 5) is 11.5. The number of benzene rings is 1. The van der Waals surface area contributed by atoms with Gasteiger partial charge >= 0.3 is 6.03 Å². The molecule has 0 saturated heterocycles. The molecule has 8 heteroatoms. The van der Waals surface area contributed by atoms with E-state index in [0.717, 1.165) is 10.7 Å². The molecule has 0 fully saturated rings. The number of hydrogen-bond donors (Lipinski definition) is 3. The number of halogens is 1. The van der Waals surface area contributed by atoms with Gasteiger partial charge in [-0.05, 0) is 30.7 Å². The molecule has 0 heterocycles. The Balaban J connectivity index is 2.20. The molecule has 2 amide bonds. The van der Waals surface area contributed by atoms with Crippen LogP contribution in [0.3, 0.4) is 0 Å². The van der Waals surface area contributed by atoms with Crippen LogP contribution in [0.1, 0.15) is 6.42 Å². The summed E-state index contributed by atoms with van der Waals surface area (Å²) in [6.45, 7) is 0.697. The van der Waals surface area contributed by atoms with Crippen LogP contribution in [0.2, 0.25) is 0 Å². The van der Waals surface area contributed by atoms with Crippen molar-refractivity contribution in [1.82, 2.24) is 10.0 Å². The van der Waals surface area contributed by atoms with E-state index in [1.165, 1.54) is 0 Å². The Hall–Kier alpha value is -1.12. The van der Waals surface area contributed by atoms with Crippen LogP contribution in [-0.2, 0) is 10.0 Å². The van der Waals surface area contributed by atoms with Crippen LogP contribution < -0.4 is 15.4 Å². The molecule has 0 spiro atoms. The molecule has 0 aliphatic carbocycles. The first-order valence-electron chi connectivity index (χ1n) is 5.62. The molecule has 0 unspecified atom stereocenters. The molecule has 0 aliphatic heterocycles. The summed E-state index contributed by atoms with van der Waals surface area (Å²) in [5.74, 6) is 0. The Morgan fingerprint density at radius 1 is 1.21 bits per heavy atom. The fourth-order valence-electron chi connectivity index (χ4n) is 1.26. The minimum Gasteiger partial charge on any atom is -0.338 e. The molecule has 0 atom stereocenters. The van der Waals surface area contributed by atoms with E-state index < -0.39 is 10.0 Å². The van der Waals surface area contributed by atoms with E-state index in [1.807, 2.05) is 12.1 Å². The molecule has 1 rings (SSSR count). The number of hydrogen-bond acceptors (Lipinski definition) is 3. The maximum Gasteiger partial charge on any atom is 0.319 e. The van der Waals surface area contributed by atoms with Crippen LogP contribution in [0.15, 0.2) is 28.7 Å². The second kappa shape index (κ2) is 7.46. The monoisotopic (exact) mass is 349 g/mol. The number of rotatable bonds is 6. The molecular formula is C11H16BrN3O3S. The molecule has 1 aromatic carbocycles. The van der Waals surface area contributed by atoms with Gasteiger partial charge in [0.15, 0.2) is 0 Å². The molecule has 6 nitrogen and oxygen atoms in total. The van der Waals surface area contributed by atoms with Crippen molar-refractivity contribution >= 4 is 37.7 Å². The molecule has 106 valence electrons. The number of carbonyl (C=O) groups is 1. The Kier molecular flexibility index (Phi) is 6.26. The van der Waals surface area contributed by atoms with Crippen LogP contribution in [0.5, 0.6) is 0 Å². The molecule has 19 heavy (non-hydrogen) atoms. The first-order valence-corrected chi connectivity index (χ1v) is 8.30. The summed E-state index contributed by atoms with van der Waals surface area (Å²) in [6.07, 6.45) is 1.63. The second-order valence-corrected chi connectivity index (χ2v) is 6.66. The lowest BCUT2D eigenvalue weighted by molar-refractivity contribution is 0.252. The second-order valence-electron chi connectivity index (χ2n) is 3.91. The lowest BCUT2D eigenvalue weighted by atomic mass is 10.3. The first kappa shape index (κ1) is 15.9. The van der Waals surface area contributed by atoms with Gasteiger partial charge in [0.1, 0.15) is 0 Å². The topological polar surface area (TPSA) is 87.3 Å². The summed E-state index contributed by atoms with van der Waals surface area (Å²) in [5.41, 5.74) is 0.690. The van der Waals surface area contributed by atoms with Gasteiger partial charge in [-0.3, -0.25) is 0 Å². The van der Waals surface area contributed by atoms with Gasteiger partial charge in [-0.25, -0.2) is 17.9 Å². The van der Waals surface area contributed by atoms with Gasteiger partial charge < -0.3 is 10.6 Å². The predicted molar refractivity (Wildman–Crippen MR) is 78.6 cm³/mol. The molecule has 0 saturated carbocycles. The van der Waals surface area contributed by atoms with E-state index in [2.05, 4.69) is 31.3 Å². The van der Waals surface area contributed by atoms with Crippen LogP contribution in [0.25, 0.3) is 0 Å². The van der Waals surface area contributed by atoms with Crippen molar-refractivity contribution in [3.63, 3.8) is 0 Å². The van der Waals surface area contributed by atoms with Gasteiger partial charge in [0.25, 0.3) is 0 Å². The first-order chi connectivity index (χ1) is 8.87. The standard InChI is InChI=1S/C11H16BrN3O3S/c1-19(17,18)14-8-2-7-13-11(16)15-10-5-3-9(12)4-6-10/h3-6,14H,2,7-8H2,1H3,(H2,13,15,16). The van der Waals surface area contributed by atoms with Gasteiger partial charge in [0.05, 0.1) is 6.26 Å². The van der Waals surface area contributed by atoms with Crippen LogP contribution in [0, 0.1) is 0 Å². The molecule has 0 aliphatic rings. The van der Waals surface area contributed by atoms with Gasteiger partial charge in [0, 0.05) is 23.2 Å². The third kappa shape index (κ3) is 7.81. The van der Waals surface area contributed by atoms with E-state index in [0.29, 0.717) is 25.2 Å². The number of carbonyl (C=O) groups excluding carboxylic acids is 1. The quantitative estimate of drug-likeness (QED) is 0.680. The summed E-state index contributed by atoms with van der Waals surface area (Å²) in [5, 5.41) is 5.30. The Morgan fingerprint density at radius 2 is 1.84 bits per heavy atom. The number of amides is 2. The SMILES string of the molecule is CS(=O)(=O)NCCCNC(=O)Nc1ccc(Br)cc1. The van der Waals surface area contributed by atoms with E-state index in [1.54, 1.807) is 12.1 Å². The van der Waals surface area contributed by atoms with Crippen molar-refractivity contribution in [2.45, 2.75) is 6.42 Å². The Labute approximate surface area is 121 Å². The van der Waals surface area contributed by atoms with E-state index >= 15 is 0 Å². The number of urea groups is 1.